The van der Waals surface area contributed by atoms with Crippen LogP contribution in [-0.4, -0.2) is 22.3 Å². The van der Waals surface area contributed by atoms with Gasteiger partial charge >= 0.3 is 6.36 Å². The van der Waals surface area contributed by atoms with Gasteiger partial charge in [0.25, 0.3) is 5.91 Å². The maximum Gasteiger partial charge on any atom is 0.573 e. The molecule has 0 fully saturated rings. The fraction of sp³-hybridized carbons (Fsp3) is 0.176. The number of pyridine rings is 1. The predicted molar refractivity (Wildman–Crippen MR) is 92.3 cm³/mol. The number of hydrogen-bond acceptors (Lipinski definition) is 6. The molecule has 140 valence electrons. The highest BCUT2D eigenvalue weighted by Crippen LogP contribution is 2.47. The molecule has 1 aromatic heterocycles. The highest BCUT2D eigenvalue weighted by atomic mass is 32.2. The molecule has 3 heterocycles. The summed E-state index contributed by atoms with van der Waals surface area (Å²) in [6, 6.07) is 8.89. The molecule has 0 spiro atoms. The number of hydrazine groups is 1. The van der Waals surface area contributed by atoms with E-state index in [0.717, 1.165) is 16.8 Å². The van der Waals surface area contributed by atoms with E-state index in [1.54, 1.807) is 18.3 Å². The summed E-state index contributed by atoms with van der Waals surface area (Å²) in [7, 11) is 0. The van der Waals surface area contributed by atoms with Crippen LogP contribution >= 0.6 is 11.8 Å². The average molecular weight is 394 g/mol. The van der Waals surface area contributed by atoms with Crippen molar-refractivity contribution in [2.75, 3.05) is 5.32 Å². The van der Waals surface area contributed by atoms with Gasteiger partial charge in [-0.15, -0.1) is 13.2 Å². The van der Waals surface area contributed by atoms with Crippen LogP contribution in [0.15, 0.2) is 58.1 Å². The van der Waals surface area contributed by atoms with E-state index in [2.05, 4.69) is 15.0 Å². The van der Waals surface area contributed by atoms with Crippen molar-refractivity contribution in [2.45, 2.75) is 23.7 Å². The SMILES string of the molecule is NN1C(=O)C2=C(CC1c1ccccn1)Nc1ccc(OC(F)(F)F)cc1S2. The smallest absolute Gasteiger partial charge is 0.406 e. The second-order valence-electron chi connectivity index (χ2n) is 5.93. The Labute approximate surface area is 156 Å². The molecule has 3 N–H and O–H groups in total. The molecule has 2 aromatic rings. The number of hydrogen-bond donors (Lipinski definition) is 2. The highest BCUT2D eigenvalue weighted by Gasteiger charge is 2.38. The molecule has 1 atom stereocenters. The number of nitrogens with one attached hydrogen (secondary N) is 1. The lowest BCUT2D eigenvalue weighted by molar-refractivity contribution is -0.274. The minimum atomic E-state index is -4.78. The van der Waals surface area contributed by atoms with Crippen molar-refractivity contribution >= 4 is 23.4 Å². The molecule has 0 saturated heterocycles. The maximum atomic E-state index is 12.7. The van der Waals surface area contributed by atoms with Crippen LogP contribution in [0.3, 0.4) is 0 Å². The zero-order chi connectivity index (χ0) is 19.2. The van der Waals surface area contributed by atoms with Gasteiger partial charge in [0.15, 0.2) is 0 Å². The maximum absolute atomic E-state index is 12.7. The van der Waals surface area contributed by atoms with Crippen molar-refractivity contribution in [2.24, 2.45) is 5.84 Å². The van der Waals surface area contributed by atoms with Crippen LogP contribution in [0.25, 0.3) is 0 Å². The summed E-state index contributed by atoms with van der Waals surface area (Å²) >= 11 is 1.07. The minimum absolute atomic E-state index is 0.348. The van der Waals surface area contributed by atoms with Crippen LogP contribution in [0, 0.1) is 0 Å². The molecule has 1 unspecified atom stereocenters. The van der Waals surface area contributed by atoms with E-state index in [1.165, 1.54) is 18.2 Å². The summed E-state index contributed by atoms with van der Waals surface area (Å²) in [5.74, 6) is 5.22. The predicted octanol–water partition coefficient (Wildman–Crippen LogP) is 3.56. The normalized spacial score (nSPS) is 19.3. The van der Waals surface area contributed by atoms with Crippen molar-refractivity contribution in [1.82, 2.24) is 9.99 Å². The first-order valence-corrected chi connectivity index (χ1v) is 8.70. The lowest BCUT2D eigenvalue weighted by atomic mass is 10.0. The third kappa shape index (κ3) is 3.45. The monoisotopic (exact) mass is 394 g/mol. The summed E-state index contributed by atoms with van der Waals surface area (Å²) in [5, 5.41) is 4.24. The quantitative estimate of drug-likeness (QED) is 0.599. The minimum Gasteiger partial charge on any atom is -0.406 e. The summed E-state index contributed by atoms with van der Waals surface area (Å²) in [6.07, 6.45) is -2.74. The van der Waals surface area contributed by atoms with Gasteiger partial charge in [0, 0.05) is 23.2 Å². The van der Waals surface area contributed by atoms with Gasteiger partial charge in [0.1, 0.15) is 5.75 Å². The van der Waals surface area contributed by atoms with Crippen LogP contribution in [0.4, 0.5) is 18.9 Å². The van der Waals surface area contributed by atoms with E-state index in [4.69, 9.17) is 5.84 Å². The number of ether oxygens (including phenoxy) is 1. The second kappa shape index (κ2) is 6.46. The number of alkyl halides is 3. The number of halogens is 3. The Morgan fingerprint density at radius 2 is 2.11 bits per heavy atom. The standard InChI is InChI=1S/C17H13F3N4O2S/c18-17(19,20)26-9-4-5-11-14(7-9)27-15-12(23-11)8-13(24(21)16(15)25)10-3-1-2-6-22-10/h1-7,13,23H,8,21H2. The number of nitrogens with two attached hydrogens (primary N) is 1. The first kappa shape index (κ1) is 17.7. The van der Waals surface area contributed by atoms with E-state index in [0.29, 0.717) is 33.3 Å². The number of anilines is 1. The summed E-state index contributed by atoms with van der Waals surface area (Å²) in [5.41, 5.74) is 1.93. The number of aromatic nitrogens is 1. The first-order chi connectivity index (χ1) is 12.8. The van der Waals surface area contributed by atoms with E-state index >= 15 is 0 Å². The summed E-state index contributed by atoms with van der Waals surface area (Å²) in [6.45, 7) is 0. The Kier molecular flexibility index (Phi) is 4.23. The Morgan fingerprint density at radius 3 is 2.81 bits per heavy atom. The van der Waals surface area contributed by atoms with Gasteiger partial charge in [-0.05, 0) is 30.3 Å². The molecule has 10 heteroatoms. The van der Waals surface area contributed by atoms with Crippen molar-refractivity contribution in [3.63, 3.8) is 0 Å². The molecule has 0 saturated carbocycles. The van der Waals surface area contributed by atoms with E-state index < -0.39 is 18.3 Å². The lowest BCUT2D eigenvalue weighted by Crippen LogP contribution is -2.45. The van der Waals surface area contributed by atoms with Crippen LogP contribution in [0.2, 0.25) is 0 Å². The summed E-state index contributed by atoms with van der Waals surface area (Å²) < 4.78 is 41.2. The number of fused-ring (bicyclic) bond motifs is 1. The summed E-state index contributed by atoms with van der Waals surface area (Å²) in [4.78, 5) is 17.8. The van der Waals surface area contributed by atoms with Crippen LogP contribution in [-0.2, 0) is 4.79 Å². The molecule has 0 aliphatic carbocycles. The Morgan fingerprint density at radius 1 is 1.30 bits per heavy atom. The molecule has 1 amide bonds. The molecule has 4 rings (SSSR count). The van der Waals surface area contributed by atoms with Crippen LogP contribution in [0.1, 0.15) is 18.2 Å². The van der Waals surface area contributed by atoms with Gasteiger partial charge in [0.05, 0.1) is 22.3 Å². The Bertz CT molecular complexity index is 934. The fourth-order valence-electron chi connectivity index (χ4n) is 2.97. The Hall–Kier alpha value is -2.72. The van der Waals surface area contributed by atoms with Gasteiger partial charge in [-0.2, -0.15) is 0 Å². The highest BCUT2D eigenvalue weighted by molar-refractivity contribution is 8.04. The lowest BCUT2D eigenvalue weighted by Gasteiger charge is -2.36. The fourth-order valence-corrected chi connectivity index (χ4v) is 4.04. The number of benzene rings is 1. The van der Waals surface area contributed by atoms with Crippen molar-refractivity contribution in [1.29, 1.82) is 0 Å². The van der Waals surface area contributed by atoms with Gasteiger partial charge < -0.3 is 10.1 Å². The second-order valence-corrected chi connectivity index (χ2v) is 6.98. The molecule has 0 radical (unpaired) electrons. The van der Waals surface area contributed by atoms with Gasteiger partial charge in [0.2, 0.25) is 0 Å². The van der Waals surface area contributed by atoms with Crippen LogP contribution in [0.5, 0.6) is 5.75 Å². The molecular weight excluding hydrogens is 381 g/mol. The zero-order valence-electron chi connectivity index (χ0n) is 13.7. The number of nitrogens with zero attached hydrogens (tertiary/aromatic N) is 2. The average Bonchev–Trinajstić information content (AvgIpc) is 2.63. The number of carbonyl (C=O) groups is 1. The molecule has 0 bridgehead atoms. The van der Waals surface area contributed by atoms with Gasteiger partial charge in [-0.3, -0.25) is 14.8 Å². The van der Waals surface area contributed by atoms with Gasteiger partial charge in [-0.1, -0.05) is 17.8 Å². The van der Waals surface area contributed by atoms with Crippen molar-refractivity contribution < 1.29 is 22.7 Å². The molecule has 2 aliphatic rings. The first-order valence-electron chi connectivity index (χ1n) is 7.89. The number of rotatable bonds is 2. The number of amides is 1. The Balaban J connectivity index is 1.63. The third-order valence-electron chi connectivity index (χ3n) is 4.15. The topological polar surface area (TPSA) is 80.5 Å². The molecule has 1 aromatic carbocycles. The van der Waals surface area contributed by atoms with Crippen LogP contribution < -0.4 is 15.9 Å². The van der Waals surface area contributed by atoms with E-state index in [-0.39, 0.29) is 5.75 Å². The molecular formula is C17H13F3N4O2S. The van der Waals surface area contributed by atoms with Gasteiger partial charge in [-0.25, -0.2) is 5.84 Å². The zero-order valence-corrected chi connectivity index (χ0v) is 14.5. The third-order valence-corrected chi connectivity index (χ3v) is 5.33. The number of thioether (sulfide) groups is 1. The van der Waals surface area contributed by atoms with Crippen molar-refractivity contribution in [3.8, 4) is 5.75 Å². The largest absolute Gasteiger partial charge is 0.573 e. The van der Waals surface area contributed by atoms with Crippen molar-refractivity contribution in [3.05, 3.63) is 58.9 Å². The molecule has 2 aliphatic heterocycles. The molecule has 27 heavy (non-hydrogen) atoms. The molecule has 6 nitrogen and oxygen atoms in total. The van der Waals surface area contributed by atoms with E-state index in [9.17, 15) is 18.0 Å². The van der Waals surface area contributed by atoms with E-state index in [1.807, 2.05) is 6.07 Å². The number of carbonyl (C=O) groups excluding carboxylic acids is 1.